The predicted octanol–water partition coefficient (Wildman–Crippen LogP) is 1.78. The molecular formula is C14H24N2O2. The molecule has 0 saturated carbocycles. The molecule has 1 fully saturated rings. The molecule has 0 spiro atoms. The van der Waals surface area contributed by atoms with E-state index in [1.54, 1.807) is 6.26 Å². The van der Waals surface area contributed by atoms with E-state index in [1.807, 2.05) is 12.1 Å². The van der Waals surface area contributed by atoms with Crippen molar-refractivity contribution >= 4 is 0 Å². The van der Waals surface area contributed by atoms with E-state index in [2.05, 4.69) is 17.1 Å². The molecule has 2 rings (SSSR count). The van der Waals surface area contributed by atoms with Crippen LogP contribution in [0.4, 0.5) is 0 Å². The lowest BCUT2D eigenvalue weighted by atomic mass is 10.0. The van der Waals surface area contributed by atoms with Gasteiger partial charge in [0.25, 0.3) is 0 Å². The van der Waals surface area contributed by atoms with E-state index in [4.69, 9.17) is 4.42 Å². The Balaban J connectivity index is 1.80. The number of aliphatic hydroxyl groups excluding tert-OH is 1. The molecule has 1 unspecified atom stereocenters. The van der Waals surface area contributed by atoms with Crippen molar-refractivity contribution in [1.82, 2.24) is 10.2 Å². The second-order valence-corrected chi connectivity index (χ2v) is 5.03. The van der Waals surface area contributed by atoms with Gasteiger partial charge in [-0.05, 0) is 51.0 Å². The fourth-order valence-corrected chi connectivity index (χ4v) is 2.64. The first-order valence-electron chi connectivity index (χ1n) is 6.96. The van der Waals surface area contributed by atoms with Crippen LogP contribution in [0, 0.1) is 0 Å². The maximum Gasteiger partial charge on any atom is 0.123 e. The van der Waals surface area contributed by atoms with Gasteiger partial charge in [-0.15, -0.1) is 0 Å². The minimum Gasteiger partial charge on any atom is -0.468 e. The van der Waals surface area contributed by atoms with Gasteiger partial charge in [-0.3, -0.25) is 0 Å². The van der Waals surface area contributed by atoms with Crippen LogP contribution in [0.15, 0.2) is 22.8 Å². The third kappa shape index (κ3) is 3.57. The van der Waals surface area contributed by atoms with E-state index in [0.717, 1.165) is 31.7 Å². The van der Waals surface area contributed by atoms with Crippen molar-refractivity contribution in [1.29, 1.82) is 0 Å². The summed E-state index contributed by atoms with van der Waals surface area (Å²) in [7, 11) is 0. The molecule has 0 bridgehead atoms. The number of aliphatic hydroxyl groups is 1. The molecule has 18 heavy (non-hydrogen) atoms. The van der Waals surface area contributed by atoms with Gasteiger partial charge in [0.15, 0.2) is 0 Å². The largest absolute Gasteiger partial charge is 0.468 e. The number of nitrogens with zero attached hydrogens (tertiary/aromatic N) is 1. The third-order valence-electron chi connectivity index (χ3n) is 3.63. The quantitative estimate of drug-likeness (QED) is 0.810. The molecule has 4 heteroatoms. The molecule has 1 atom stereocenters. The van der Waals surface area contributed by atoms with Crippen LogP contribution < -0.4 is 5.32 Å². The van der Waals surface area contributed by atoms with Gasteiger partial charge in [-0.2, -0.15) is 0 Å². The monoisotopic (exact) mass is 252 g/mol. The van der Waals surface area contributed by atoms with Crippen molar-refractivity contribution in [2.45, 2.75) is 38.3 Å². The maximum atomic E-state index is 9.43. The molecule has 0 amide bonds. The summed E-state index contributed by atoms with van der Waals surface area (Å²) in [6.45, 7) is 5.82. The topological polar surface area (TPSA) is 48.6 Å². The van der Waals surface area contributed by atoms with Crippen LogP contribution in [-0.4, -0.2) is 42.3 Å². The Morgan fingerprint density at radius 2 is 2.28 bits per heavy atom. The van der Waals surface area contributed by atoms with Gasteiger partial charge in [0.05, 0.1) is 18.9 Å². The molecule has 1 aromatic rings. The lowest BCUT2D eigenvalue weighted by molar-refractivity contribution is 0.164. The number of piperidine rings is 1. The number of rotatable bonds is 6. The molecular weight excluding hydrogens is 228 g/mol. The third-order valence-corrected chi connectivity index (χ3v) is 3.63. The molecule has 2 heterocycles. The normalized spacial score (nSPS) is 20.1. The molecule has 1 aromatic heterocycles. The highest BCUT2D eigenvalue weighted by molar-refractivity contribution is 5.05. The number of hydrogen-bond acceptors (Lipinski definition) is 4. The highest BCUT2D eigenvalue weighted by atomic mass is 16.3. The highest BCUT2D eigenvalue weighted by Gasteiger charge is 2.22. The first-order chi connectivity index (χ1) is 8.83. The van der Waals surface area contributed by atoms with Crippen molar-refractivity contribution in [2.24, 2.45) is 0 Å². The van der Waals surface area contributed by atoms with E-state index < -0.39 is 0 Å². The molecule has 1 aliphatic rings. The van der Waals surface area contributed by atoms with E-state index in [0.29, 0.717) is 6.04 Å². The van der Waals surface area contributed by atoms with Crippen LogP contribution in [0.3, 0.4) is 0 Å². The molecule has 2 N–H and O–H groups in total. The molecule has 0 radical (unpaired) electrons. The Morgan fingerprint density at radius 1 is 1.50 bits per heavy atom. The van der Waals surface area contributed by atoms with Crippen LogP contribution in [0.1, 0.15) is 38.0 Å². The summed E-state index contributed by atoms with van der Waals surface area (Å²) in [6.07, 6.45) is 5.18. The van der Waals surface area contributed by atoms with Crippen LogP contribution in [0.5, 0.6) is 0 Å². The molecule has 1 saturated heterocycles. The van der Waals surface area contributed by atoms with Gasteiger partial charge in [0, 0.05) is 6.04 Å². The van der Waals surface area contributed by atoms with Crippen LogP contribution in [-0.2, 0) is 0 Å². The fourth-order valence-electron chi connectivity index (χ4n) is 2.64. The average molecular weight is 252 g/mol. The molecule has 0 aliphatic carbocycles. The standard InChI is InChI=1S/C14H24N2O2/c1-2-7-16-8-5-12(6-9-16)15-13(11-17)14-4-3-10-18-14/h3-4,10,12-13,15,17H,2,5-9,11H2,1H3. The number of likely N-dealkylation sites (tertiary alicyclic amines) is 1. The van der Waals surface area contributed by atoms with Crippen LogP contribution in [0.2, 0.25) is 0 Å². The average Bonchev–Trinajstić information content (AvgIpc) is 2.92. The Labute approximate surface area is 109 Å². The van der Waals surface area contributed by atoms with Gasteiger partial charge >= 0.3 is 0 Å². The Morgan fingerprint density at radius 3 is 2.83 bits per heavy atom. The summed E-state index contributed by atoms with van der Waals surface area (Å²) in [5, 5.41) is 12.9. The number of hydrogen-bond donors (Lipinski definition) is 2. The van der Waals surface area contributed by atoms with Gasteiger partial charge in [0.1, 0.15) is 5.76 Å². The second kappa shape index (κ2) is 6.92. The zero-order valence-corrected chi connectivity index (χ0v) is 11.1. The zero-order valence-electron chi connectivity index (χ0n) is 11.1. The van der Waals surface area contributed by atoms with Gasteiger partial charge in [0.2, 0.25) is 0 Å². The molecule has 4 nitrogen and oxygen atoms in total. The minimum absolute atomic E-state index is 0.0669. The minimum atomic E-state index is -0.0669. The van der Waals surface area contributed by atoms with E-state index in [-0.39, 0.29) is 12.6 Å². The maximum absolute atomic E-state index is 9.43. The van der Waals surface area contributed by atoms with E-state index in [9.17, 15) is 5.11 Å². The Bertz CT molecular complexity index is 319. The van der Waals surface area contributed by atoms with Crippen LogP contribution in [0.25, 0.3) is 0 Å². The van der Waals surface area contributed by atoms with Crippen molar-refractivity contribution < 1.29 is 9.52 Å². The predicted molar refractivity (Wildman–Crippen MR) is 71.4 cm³/mol. The first kappa shape index (κ1) is 13.6. The van der Waals surface area contributed by atoms with E-state index >= 15 is 0 Å². The summed E-state index contributed by atoms with van der Waals surface area (Å²) < 4.78 is 5.35. The summed E-state index contributed by atoms with van der Waals surface area (Å²) >= 11 is 0. The number of nitrogens with one attached hydrogen (secondary N) is 1. The first-order valence-corrected chi connectivity index (χ1v) is 6.96. The lowest BCUT2D eigenvalue weighted by Crippen LogP contribution is -2.44. The van der Waals surface area contributed by atoms with Crippen LogP contribution >= 0.6 is 0 Å². The van der Waals surface area contributed by atoms with Crippen molar-refractivity contribution in [3.05, 3.63) is 24.2 Å². The van der Waals surface area contributed by atoms with Crippen molar-refractivity contribution in [3.63, 3.8) is 0 Å². The summed E-state index contributed by atoms with van der Waals surface area (Å²) in [6, 6.07) is 4.20. The Hall–Kier alpha value is -0.840. The Kier molecular flexibility index (Phi) is 5.23. The lowest BCUT2D eigenvalue weighted by Gasteiger charge is -2.33. The summed E-state index contributed by atoms with van der Waals surface area (Å²) in [5.41, 5.74) is 0. The second-order valence-electron chi connectivity index (χ2n) is 5.03. The van der Waals surface area contributed by atoms with Crippen molar-refractivity contribution in [3.8, 4) is 0 Å². The summed E-state index contributed by atoms with van der Waals surface area (Å²) in [5.74, 6) is 0.827. The molecule has 102 valence electrons. The number of furan rings is 1. The fraction of sp³-hybridized carbons (Fsp3) is 0.714. The molecule has 0 aromatic carbocycles. The smallest absolute Gasteiger partial charge is 0.123 e. The SMILES string of the molecule is CCCN1CCC(NC(CO)c2ccco2)CC1. The zero-order chi connectivity index (χ0) is 12.8. The molecule has 1 aliphatic heterocycles. The van der Waals surface area contributed by atoms with Gasteiger partial charge < -0.3 is 19.7 Å². The van der Waals surface area contributed by atoms with Gasteiger partial charge in [-0.1, -0.05) is 6.92 Å². The van der Waals surface area contributed by atoms with E-state index in [1.165, 1.54) is 13.0 Å². The van der Waals surface area contributed by atoms with Crippen molar-refractivity contribution in [2.75, 3.05) is 26.2 Å². The van der Waals surface area contributed by atoms with Gasteiger partial charge in [-0.25, -0.2) is 0 Å². The summed E-state index contributed by atoms with van der Waals surface area (Å²) in [4.78, 5) is 2.51. The highest BCUT2D eigenvalue weighted by Crippen LogP contribution is 2.18.